The first-order valence-electron chi connectivity index (χ1n) is 14.1. The van der Waals surface area contributed by atoms with Crippen LogP contribution in [0.4, 0.5) is 11.4 Å². The van der Waals surface area contributed by atoms with Gasteiger partial charge >= 0.3 is 0 Å². The molecule has 38 heavy (non-hydrogen) atoms. The molecule has 0 bridgehead atoms. The molecule has 0 N–H and O–H groups in total. The molecule has 8 rings (SSSR count). The zero-order valence-corrected chi connectivity index (χ0v) is 24.2. The maximum absolute atomic E-state index is 2.61. The van der Waals surface area contributed by atoms with Crippen molar-refractivity contribution < 1.29 is 0 Å². The van der Waals surface area contributed by atoms with Gasteiger partial charge in [0, 0.05) is 33.0 Å². The summed E-state index contributed by atoms with van der Waals surface area (Å²) in [5, 5.41) is 5.48. The summed E-state index contributed by atoms with van der Waals surface area (Å²) < 4.78 is 1.40. The topological polar surface area (TPSA) is 6.48 Å². The minimum absolute atomic E-state index is 0.389. The summed E-state index contributed by atoms with van der Waals surface area (Å²) in [5.41, 5.74) is 9.05. The van der Waals surface area contributed by atoms with E-state index < -0.39 is 0 Å². The first-order valence-corrected chi connectivity index (χ1v) is 16.7. The highest BCUT2D eigenvalue weighted by molar-refractivity contribution is 8.03. The van der Waals surface area contributed by atoms with Crippen LogP contribution in [-0.2, 0) is 6.42 Å². The molecule has 0 saturated heterocycles. The van der Waals surface area contributed by atoms with E-state index in [-0.39, 0.29) is 0 Å². The van der Waals surface area contributed by atoms with Crippen LogP contribution < -0.4 is 9.80 Å². The monoisotopic (exact) mass is 552 g/mol. The predicted molar refractivity (Wildman–Crippen MR) is 167 cm³/mol. The summed E-state index contributed by atoms with van der Waals surface area (Å²) in [4.78, 5) is 8.08. The molecule has 0 amide bonds. The molecular formula is C33H32N2S3. The van der Waals surface area contributed by atoms with Gasteiger partial charge in [-0.2, -0.15) is 0 Å². The van der Waals surface area contributed by atoms with Crippen LogP contribution >= 0.6 is 34.9 Å². The van der Waals surface area contributed by atoms with Crippen LogP contribution in [0.3, 0.4) is 0 Å². The molecule has 0 saturated carbocycles. The van der Waals surface area contributed by atoms with Crippen LogP contribution in [0.2, 0.25) is 0 Å². The Labute approximate surface area is 238 Å². The number of aryl methyl sites for hydroxylation is 1. The van der Waals surface area contributed by atoms with Gasteiger partial charge in [0.2, 0.25) is 0 Å². The highest BCUT2D eigenvalue weighted by Gasteiger charge is 2.32. The summed E-state index contributed by atoms with van der Waals surface area (Å²) in [5.74, 6) is 0.727. The van der Waals surface area contributed by atoms with Crippen molar-refractivity contribution in [2.75, 3.05) is 22.9 Å². The molecule has 5 heteroatoms. The Balaban J connectivity index is 1.08. The van der Waals surface area contributed by atoms with E-state index in [1.807, 2.05) is 34.9 Å². The van der Waals surface area contributed by atoms with Crippen molar-refractivity contribution in [2.24, 2.45) is 5.92 Å². The molecule has 2 nitrogen and oxygen atoms in total. The van der Waals surface area contributed by atoms with Crippen LogP contribution in [0.1, 0.15) is 44.6 Å². The molecule has 4 heterocycles. The molecule has 0 radical (unpaired) electrons. The minimum Gasteiger partial charge on any atom is -0.355 e. The van der Waals surface area contributed by atoms with Crippen molar-refractivity contribution in [3.05, 3.63) is 93.4 Å². The molecule has 0 fully saturated rings. The Morgan fingerprint density at radius 1 is 0.974 bits per heavy atom. The summed E-state index contributed by atoms with van der Waals surface area (Å²) in [6.07, 6.45) is 17.6. The van der Waals surface area contributed by atoms with Crippen LogP contribution in [0, 0.1) is 5.92 Å². The molecule has 192 valence electrons. The van der Waals surface area contributed by atoms with Crippen LogP contribution in [0.25, 0.3) is 10.1 Å². The number of hydrogen-bond donors (Lipinski definition) is 0. The molecule has 1 aromatic heterocycles. The van der Waals surface area contributed by atoms with Gasteiger partial charge in [0.25, 0.3) is 0 Å². The first-order chi connectivity index (χ1) is 18.7. The number of likely N-dealkylation sites (N-methyl/N-ethyl adjacent to an activating group) is 1. The molecule has 2 aliphatic carbocycles. The number of allylic oxidation sites excluding steroid dienone is 6. The second-order valence-corrected chi connectivity index (χ2v) is 14.2. The third kappa shape index (κ3) is 3.84. The summed E-state index contributed by atoms with van der Waals surface area (Å²) in [7, 11) is 0. The van der Waals surface area contributed by atoms with Crippen LogP contribution in [-0.4, -0.2) is 18.5 Å². The zero-order chi connectivity index (χ0) is 25.2. The number of para-hydroxylation sites is 1. The number of fused-ring (bicyclic) bond motifs is 4. The smallest absolute Gasteiger partial charge is 0.0988 e. The van der Waals surface area contributed by atoms with Crippen molar-refractivity contribution >= 4 is 56.3 Å². The van der Waals surface area contributed by atoms with Crippen LogP contribution in [0.15, 0.2) is 97.6 Å². The number of rotatable bonds is 3. The van der Waals surface area contributed by atoms with Crippen molar-refractivity contribution in [1.29, 1.82) is 0 Å². The Hall–Kier alpha value is -2.34. The number of thioether (sulfide) groups is 2. The van der Waals surface area contributed by atoms with Crippen LogP contribution in [0.5, 0.6) is 0 Å². The third-order valence-corrected chi connectivity index (χ3v) is 12.0. The SMILES string of the molecule is CCN1c2c(ccc3sccc23)SC1C=C1C=C2C=C(C=C3Sc4cccc5c4N3CCC5)CCC2CC1. The lowest BCUT2D eigenvalue weighted by Crippen LogP contribution is -2.28. The minimum atomic E-state index is 0.389. The zero-order valence-electron chi connectivity index (χ0n) is 21.8. The van der Waals surface area contributed by atoms with E-state index in [1.165, 1.54) is 91.5 Å². The molecule has 3 aliphatic heterocycles. The van der Waals surface area contributed by atoms with E-state index in [0.29, 0.717) is 5.37 Å². The molecule has 0 spiro atoms. The first kappa shape index (κ1) is 23.5. The largest absolute Gasteiger partial charge is 0.355 e. The van der Waals surface area contributed by atoms with E-state index in [0.717, 1.165) is 19.0 Å². The number of anilines is 2. The Kier molecular flexibility index (Phi) is 5.82. The highest BCUT2D eigenvalue weighted by Crippen LogP contribution is 2.51. The molecule has 2 aromatic carbocycles. The van der Waals surface area contributed by atoms with Crippen molar-refractivity contribution in [2.45, 2.75) is 60.6 Å². The number of nitrogens with zero attached hydrogens (tertiary/aromatic N) is 2. The highest BCUT2D eigenvalue weighted by atomic mass is 32.2. The number of benzene rings is 2. The average molecular weight is 553 g/mol. The van der Waals surface area contributed by atoms with Crippen molar-refractivity contribution in [3.8, 4) is 0 Å². The molecule has 5 aliphatic rings. The lowest BCUT2D eigenvalue weighted by molar-refractivity contribution is 0.501. The fraction of sp³-hybridized carbons (Fsp3) is 0.333. The van der Waals surface area contributed by atoms with E-state index in [4.69, 9.17) is 0 Å². The van der Waals surface area contributed by atoms with Crippen molar-refractivity contribution in [1.82, 2.24) is 0 Å². The second-order valence-electron chi connectivity index (χ2n) is 11.0. The maximum atomic E-state index is 2.61. The lowest BCUT2D eigenvalue weighted by atomic mass is 9.77. The van der Waals surface area contributed by atoms with Gasteiger partial charge in [0.1, 0.15) is 0 Å². The van der Waals surface area contributed by atoms with Gasteiger partial charge in [0.05, 0.1) is 21.8 Å². The molecular weight excluding hydrogens is 521 g/mol. The lowest BCUT2D eigenvalue weighted by Gasteiger charge is -2.30. The van der Waals surface area contributed by atoms with Gasteiger partial charge in [-0.3, -0.25) is 0 Å². The van der Waals surface area contributed by atoms with Gasteiger partial charge in [-0.1, -0.05) is 47.8 Å². The van der Waals surface area contributed by atoms with Gasteiger partial charge in [0.15, 0.2) is 0 Å². The fourth-order valence-corrected chi connectivity index (χ4v) is 10.3. The summed E-state index contributed by atoms with van der Waals surface area (Å²) in [6, 6.07) is 13.8. The molecule has 2 atom stereocenters. The van der Waals surface area contributed by atoms with Crippen molar-refractivity contribution in [3.63, 3.8) is 0 Å². The second kappa shape index (κ2) is 9.39. The van der Waals surface area contributed by atoms with E-state index >= 15 is 0 Å². The van der Waals surface area contributed by atoms with E-state index in [1.54, 1.807) is 5.57 Å². The van der Waals surface area contributed by atoms with Gasteiger partial charge in [-0.15, -0.1) is 11.3 Å². The average Bonchev–Trinajstić information content (AvgIpc) is 3.65. The Morgan fingerprint density at radius 3 is 2.87 bits per heavy atom. The summed E-state index contributed by atoms with van der Waals surface area (Å²) in [6.45, 7) is 4.50. The third-order valence-electron chi connectivity index (χ3n) is 8.82. The Morgan fingerprint density at radius 2 is 1.92 bits per heavy atom. The van der Waals surface area contributed by atoms with E-state index in [2.05, 4.69) is 82.8 Å². The normalized spacial score (nSPS) is 26.0. The predicted octanol–water partition coefficient (Wildman–Crippen LogP) is 9.54. The Bertz CT molecular complexity index is 1570. The van der Waals surface area contributed by atoms with Gasteiger partial charge in [-0.25, -0.2) is 0 Å². The fourth-order valence-electron chi connectivity index (χ4n) is 6.97. The molecule has 3 aromatic rings. The number of thiophene rings is 1. The quantitative estimate of drug-likeness (QED) is 0.319. The van der Waals surface area contributed by atoms with Gasteiger partial charge < -0.3 is 9.80 Å². The molecule has 2 unspecified atom stereocenters. The summed E-state index contributed by atoms with van der Waals surface area (Å²) >= 11 is 5.85. The maximum Gasteiger partial charge on any atom is 0.0988 e. The standard InChI is InChI=1S/C33H32N2S3/c1-2-34-30(38-29-13-12-27-26(33(29)34)14-16-36-27)19-21-8-10-23-11-9-22(18-25(23)17-21)20-31-35-15-4-6-24-5-3-7-28(37-31)32(24)35/h3,5,7,12-14,16-20,23,30H,2,4,6,8-11,15H2,1H3. The number of hydrogen-bond acceptors (Lipinski definition) is 5. The van der Waals surface area contributed by atoms with Gasteiger partial charge in [-0.05, 0) is 115 Å². The van der Waals surface area contributed by atoms with E-state index in [9.17, 15) is 0 Å².